The molecule has 0 aliphatic carbocycles. The minimum atomic E-state index is -0.148. The molecule has 4 nitrogen and oxygen atoms in total. The monoisotopic (exact) mass is 272 g/mol. The van der Waals surface area contributed by atoms with Gasteiger partial charge >= 0.3 is 0 Å². The number of para-hydroxylation sites is 2. The van der Waals surface area contributed by atoms with Gasteiger partial charge in [0.05, 0.1) is 25.4 Å². The van der Waals surface area contributed by atoms with Crippen LogP contribution >= 0.6 is 0 Å². The van der Waals surface area contributed by atoms with Crippen LogP contribution in [0, 0.1) is 12.3 Å². The zero-order valence-electron chi connectivity index (χ0n) is 11.8. The van der Waals surface area contributed by atoms with Gasteiger partial charge in [0.25, 0.3) is 0 Å². The van der Waals surface area contributed by atoms with Crippen molar-refractivity contribution in [2.75, 3.05) is 25.5 Å². The first-order chi connectivity index (χ1) is 9.76. The van der Waals surface area contributed by atoms with Crippen LogP contribution in [0.1, 0.15) is 19.3 Å². The van der Waals surface area contributed by atoms with Crippen molar-refractivity contribution in [2.45, 2.75) is 25.3 Å². The molecule has 1 amide bonds. The zero-order chi connectivity index (χ0) is 14.4. The summed E-state index contributed by atoms with van der Waals surface area (Å²) in [7, 11) is 1.59. The molecule has 1 saturated heterocycles. The summed E-state index contributed by atoms with van der Waals surface area (Å²) < 4.78 is 5.25. The molecule has 0 saturated carbocycles. The van der Waals surface area contributed by atoms with E-state index in [4.69, 9.17) is 11.2 Å². The molecule has 0 bridgehead atoms. The van der Waals surface area contributed by atoms with Gasteiger partial charge in [0, 0.05) is 0 Å². The average molecular weight is 272 g/mol. The number of likely N-dealkylation sites (tertiary alicyclic amines) is 1. The maximum absolute atomic E-state index is 12.4. The highest BCUT2D eigenvalue weighted by atomic mass is 16.5. The smallest absolute Gasteiger partial charge is 0.241 e. The molecule has 1 atom stereocenters. The second kappa shape index (κ2) is 6.97. The maximum atomic E-state index is 12.4. The second-order valence-electron chi connectivity index (χ2n) is 4.88. The van der Waals surface area contributed by atoms with Gasteiger partial charge in [0.1, 0.15) is 5.75 Å². The molecule has 1 aromatic carbocycles. The lowest BCUT2D eigenvalue weighted by Gasteiger charge is -2.33. The highest BCUT2D eigenvalue weighted by Gasteiger charge is 2.28. The van der Waals surface area contributed by atoms with Gasteiger partial charge in [-0.05, 0) is 31.5 Å². The number of benzene rings is 1. The first kappa shape index (κ1) is 14.4. The molecule has 1 N–H and O–H groups in total. The van der Waals surface area contributed by atoms with Gasteiger partial charge in [-0.2, -0.15) is 0 Å². The topological polar surface area (TPSA) is 41.6 Å². The third kappa shape index (κ3) is 3.31. The molecule has 106 valence electrons. The minimum absolute atomic E-state index is 0.00977. The van der Waals surface area contributed by atoms with E-state index in [9.17, 15) is 4.79 Å². The van der Waals surface area contributed by atoms with Crippen LogP contribution in [-0.4, -0.2) is 37.0 Å². The Morgan fingerprint density at radius 1 is 1.50 bits per heavy atom. The van der Waals surface area contributed by atoms with E-state index in [1.54, 1.807) is 7.11 Å². The summed E-state index contributed by atoms with van der Waals surface area (Å²) in [4.78, 5) is 14.5. The van der Waals surface area contributed by atoms with Crippen LogP contribution in [0.5, 0.6) is 5.75 Å². The van der Waals surface area contributed by atoms with Crippen molar-refractivity contribution in [2.24, 2.45) is 0 Å². The number of nitrogens with one attached hydrogen (secondary N) is 1. The number of nitrogens with zero attached hydrogens (tertiary/aromatic N) is 1. The van der Waals surface area contributed by atoms with E-state index < -0.39 is 0 Å². The van der Waals surface area contributed by atoms with Crippen molar-refractivity contribution in [3.63, 3.8) is 0 Å². The normalized spacial score (nSPS) is 19.1. The predicted octanol–water partition coefficient (Wildman–Crippen LogP) is 2.12. The number of anilines is 1. The van der Waals surface area contributed by atoms with Gasteiger partial charge in [0.2, 0.25) is 5.91 Å². The predicted molar refractivity (Wildman–Crippen MR) is 79.7 cm³/mol. The van der Waals surface area contributed by atoms with Gasteiger partial charge < -0.3 is 10.1 Å². The number of methoxy groups -OCH3 is 1. The lowest BCUT2D eigenvalue weighted by molar-refractivity contribution is -0.122. The van der Waals surface area contributed by atoms with Gasteiger partial charge in [-0.3, -0.25) is 9.69 Å². The van der Waals surface area contributed by atoms with E-state index in [-0.39, 0.29) is 11.9 Å². The summed E-state index contributed by atoms with van der Waals surface area (Å²) in [5.41, 5.74) is 0.700. The van der Waals surface area contributed by atoms with Crippen molar-refractivity contribution < 1.29 is 9.53 Å². The Kier molecular flexibility index (Phi) is 5.03. The molecule has 2 rings (SSSR count). The van der Waals surface area contributed by atoms with Crippen molar-refractivity contribution in [3.8, 4) is 18.1 Å². The molecule has 1 aliphatic heterocycles. The molecular formula is C16H20N2O2. The van der Waals surface area contributed by atoms with Crippen LogP contribution in [0.4, 0.5) is 5.69 Å². The number of amides is 1. The van der Waals surface area contributed by atoms with Gasteiger partial charge in [-0.15, -0.1) is 6.42 Å². The molecule has 0 radical (unpaired) electrons. The molecule has 4 heteroatoms. The van der Waals surface area contributed by atoms with Crippen LogP contribution in [0.3, 0.4) is 0 Å². The zero-order valence-corrected chi connectivity index (χ0v) is 11.8. The quantitative estimate of drug-likeness (QED) is 0.854. The fourth-order valence-electron chi connectivity index (χ4n) is 2.56. The summed E-state index contributed by atoms with van der Waals surface area (Å²) in [6.07, 6.45) is 8.38. The molecular weight excluding hydrogens is 252 g/mol. The van der Waals surface area contributed by atoms with E-state index in [1.165, 1.54) is 0 Å². The lowest BCUT2D eigenvalue weighted by Crippen LogP contribution is -2.47. The molecule has 1 heterocycles. The fraction of sp³-hybridized carbons (Fsp3) is 0.438. The third-order valence-corrected chi connectivity index (χ3v) is 3.58. The third-order valence-electron chi connectivity index (χ3n) is 3.58. The number of terminal acetylenes is 1. The van der Waals surface area contributed by atoms with Gasteiger partial charge in [-0.1, -0.05) is 24.5 Å². The van der Waals surface area contributed by atoms with Crippen molar-refractivity contribution >= 4 is 11.6 Å². The van der Waals surface area contributed by atoms with Crippen LogP contribution in [0.2, 0.25) is 0 Å². The highest BCUT2D eigenvalue weighted by molar-refractivity contribution is 5.96. The number of carbonyl (C=O) groups is 1. The van der Waals surface area contributed by atoms with E-state index in [2.05, 4.69) is 16.1 Å². The summed E-state index contributed by atoms with van der Waals surface area (Å²) in [6, 6.07) is 7.27. The summed E-state index contributed by atoms with van der Waals surface area (Å²) in [5, 5.41) is 2.95. The Morgan fingerprint density at radius 2 is 2.30 bits per heavy atom. The molecule has 1 aromatic rings. The molecule has 0 spiro atoms. The Morgan fingerprint density at radius 3 is 3.05 bits per heavy atom. The molecule has 1 fully saturated rings. The Hall–Kier alpha value is -1.99. The lowest BCUT2D eigenvalue weighted by atomic mass is 10.0. The van der Waals surface area contributed by atoms with E-state index in [0.29, 0.717) is 18.0 Å². The number of carbonyl (C=O) groups excluding carboxylic acids is 1. The van der Waals surface area contributed by atoms with Crippen LogP contribution in [0.25, 0.3) is 0 Å². The van der Waals surface area contributed by atoms with Crippen LogP contribution in [-0.2, 0) is 4.79 Å². The second-order valence-corrected chi connectivity index (χ2v) is 4.88. The summed E-state index contributed by atoms with van der Waals surface area (Å²) in [6.45, 7) is 1.40. The van der Waals surface area contributed by atoms with Gasteiger partial charge in [-0.25, -0.2) is 0 Å². The number of ether oxygens (including phenoxy) is 1. The Balaban J connectivity index is 2.08. The van der Waals surface area contributed by atoms with E-state index in [1.807, 2.05) is 24.3 Å². The Bertz CT molecular complexity index is 507. The first-order valence-corrected chi connectivity index (χ1v) is 6.87. The maximum Gasteiger partial charge on any atom is 0.241 e. The average Bonchev–Trinajstić information content (AvgIpc) is 2.48. The number of piperidine rings is 1. The first-order valence-electron chi connectivity index (χ1n) is 6.87. The van der Waals surface area contributed by atoms with Crippen LogP contribution in [0.15, 0.2) is 24.3 Å². The molecule has 20 heavy (non-hydrogen) atoms. The number of hydrogen-bond donors (Lipinski definition) is 1. The summed E-state index contributed by atoms with van der Waals surface area (Å²) in [5.74, 6) is 3.29. The molecule has 1 unspecified atom stereocenters. The molecule has 0 aromatic heterocycles. The van der Waals surface area contributed by atoms with Crippen molar-refractivity contribution in [1.82, 2.24) is 4.90 Å². The van der Waals surface area contributed by atoms with Gasteiger partial charge in [0.15, 0.2) is 0 Å². The van der Waals surface area contributed by atoms with Crippen LogP contribution < -0.4 is 10.1 Å². The molecule has 1 aliphatic rings. The van der Waals surface area contributed by atoms with E-state index >= 15 is 0 Å². The minimum Gasteiger partial charge on any atom is -0.495 e. The fourth-order valence-corrected chi connectivity index (χ4v) is 2.56. The standard InChI is InChI=1S/C16H20N2O2/c1-3-11-18-12-7-6-9-14(18)16(19)17-13-8-4-5-10-15(13)20-2/h1,4-5,8,10,14H,6-7,9,11-12H2,2H3,(H,17,19). The SMILES string of the molecule is C#CCN1CCCCC1C(=O)Nc1ccccc1OC. The van der Waals surface area contributed by atoms with Crippen molar-refractivity contribution in [1.29, 1.82) is 0 Å². The number of rotatable bonds is 4. The van der Waals surface area contributed by atoms with Crippen molar-refractivity contribution in [3.05, 3.63) is 24.3 Å². The number of hydrogen-bond acceptors (Lipinski definition) is 3. The Labute approximate surface area is 120 Å². The van der Waals surface area contributed by atoms with E-state index in [0.717, 1.165) is 25.8 Å². The summed E-state index contributed by atoms with van der Waals surface area (Å²) >= 11 is 0. The largest absolute Gasteiger partial charge is 0.495 e. The highest BCUT2D eigenvalue weighted by Crippen LogP contribution is 2.25.